The average Bonchev–Trinajstić information content (AvgIpc) is 3.26. The molecule has 0 radical (unpaired) electrons. The van der Waals surface area contributed by atoms with Crippen LogP contribution in [-0.4, -0.2) is 23.4 Å². The van der Waals surface area contributed by atoms with Crippen LogP contribution in [0.25, 0.3) is 0 Å². The molecule has 0 aromatic carbocycles. The van der Waals surface area contributed by atoms with E-state index in [-0.39, 0.29) is 11.2 Å². The van der Waals surface area contributed by atoms with Gasteiger partial charge >= 0.3 is 0 Å². The van der Waals surface area contributed by atoms with Crippen molar-refractivity contribution in [2.24, 2.45) is 35.5 Å². The maximum absolute atomic E-state index is 6.10. The monoisotopic (exact) mass is 278 g/mol. The Morgan fingerprint density at radius 3 is 1.40 bits per heavy atom. The Morgan fingerprint density at radius 1 is 0.700 bits per heavy atom. The lowest BCUT2D eigenvalue weighted by atomic mass is 9.57. The number of fused-ring (bicyclic) bond motifs is 2. The molecule has 2 nitrogen and oxygen atoms in total. The second kappa shape index (κ2) is 3.81. The zero-order chi connectivity index (χ0) is 14.4. The van der Waals surface area contributed by atoms with Crippen LogP contribution in [0.4, 0.5) is 0 Å². The second-order valence-corrected chi connectivity index (χ2v) is 8.78. The number of ether oxygens (including phenoxy) is 2. The van der Waals surface area contributed by atoms with Crippen molar-refractivity contribution in [3.05, 3.63) is 0 Å². The Morgan fingerprint density at radius 2 is 1.05 bits per heavy atom. The summed E-state index contributed by atoms with van der Waals surface area (Å²) in [6, 6.07) is 0. The Bertz CT molecular complexity index is 395. The molecule has 0 bridgehead atoms. The SMILES string of the molecule is CC1CC(C2CC(C)C3OC3(C)C2C)C(C)C2(C)OC12. The fraction of sp³-hybridized carbons (Fsp3) is 1.00. The summed E-state index contributed by atoms with van der Waals surface area (Å²) < 4.78 is 12.2. The van der Waals surface area contributed by atoms with Gasteiger partial charge in [-0.2, -0.15) is 0 Å². The molecule has 0 N–H and O–H groups in total. The van der Waals surface area contributed by atoms with E-state index in [2.05, 4.69) is 41.5 Å². The van der Waals surface area contributed by atoms with E-state index < -0.39 is 0 Å². The molecule has 0 spiro atoms. The van der Waals surface area contributed by atoms with Gasteiger partial charge in [-0.25, -0.2) is 0 Å². The van der Waals surface area contributed by atoms with Crippen molar-refractivity contribution < 1.29 is 9.47 Å². The average molecular weight is 278 g/mol. The van der Waals surface area contributed by atoms with Crippen LogP contribution >= 0.6 is 0 Å². The van der Waals surface area contributed by atoms with Crippen LogP contribution in [0.2, 0.25) is 0 Å². The van der Waals surface area contributed by atoms with Gasteiger partial charge < -0.3 is 9.47 Å². The minimum Gasteiger partial charge on any atom is -0.366 e. The fourth-order valence-corrected chi connectivity index (χ4v) is 6.03. The van der Waals surface area contributed by atoms with E-state index in [1.165, 1.54) is 12.8 Å². The fourth-order valence-electron chi connectivity index (χ4n) is 6.03. The maximum Gasteiger partial charge on any atom is 0.0951 e. The van der Waals surface area contributed by atoms with Crippen molar-refractivity contribution in [3.8, 4) is 0 Å². The molecule has 0 aromatic rings. The van der Waals surface area contributed by atoms with Crippen LogP contribution < -0.4 is 0 Å². The molecule has 0 amide bonds. The molecule has 2 aliphatic carbocycles. The summed E-state index contributed by atoms with van der Waals surface area (Å²) >= 11 is 0. The van der Waals surface area contributed by atoms with Gasteiger partial charge in [-0.1, -0.05) is 27.7 Å². The summed E-state index contributed by atoms with van der Waals surface area (Å²) in [4.78, 5) is 0. The van der Waals surface area contributed by atoms with Crippen molar-refractivity contribution in [3.63, 3.8) is 0 Å². The Kier molecular flexibility index (Phi) is 2.59. The first-order valence-corrected chi connectivity index (χ1v) is 8.64. The van der Waals surface area contributed by atoms with Gasteiger partial charge in [0.25, 0.3) is 0 Å². The number of hydrogen-bond acceptors (Lipinski definition) is 2. The minimum atomic E-state index is 0.174. The van der Waals surface area contributed by atoms with E-state index in [4.69, 9.17) is 9.47 Å². The van der Waals surface area contributed by atoms with Gasteiger partial charge in [0.15, 0.2) is 0 Å². The van der Waals surface area contributed by atoms with Crippen molar-refractivity contribution in [2.45, 2.75) is 77.8 Å². The van der Waals surface area contributed by atoms with E-state index in [1.54, 1.807) is 0 Å². The number of epoxide rings is 2. The molecule has 10 unspecified atom stereocenters. The molecular weight excluding hydrogens is 248 g/mol. The van der Waals surface area contributed by atoms with E-state index in [9.17, 15) is 0 Å². The third-order valence-corrected chi connectivity index (χ3v) is 7.74. The normalized spacial score (nSPS) is 68.1. The number of hydrogen-bond donors (Lipinski definition) is 0. The van der Waals surface area contributed by atoms with E-state index in [1.807, 2.05) is 0 Å². The molecule has 2 aliphatic heterocycles. The quantitative estimate of drug-likeness (QED) is 0.680. The predicted molar refractivity (Wildman–Crippen MR) is 79.4 cm³/mol. The Hall–Kier alpha value is -0.0800. The summed E-state index contributed by atoms with van der Waals surface area (Å²) in [5, 5.41) is 0. The third-order valence-electron chi connectivity index (χ3n) is 7.74. The summed E-state index contributed by atoms with van der Waals surface area (Å²) in [6.45, 7) is 14.4. The second-order valence-electron chi connectivity index (χ2n) is 8.78. The molecule has 114 valence electrons. The van der Waals surface area contributed by atoms with Gasteiger partial charge in [0.05, 0.1) is 23.4 Å². The van der Waals surface area contributed by atoms with Crippen molar-refractivity contribution in [2.75, 3.05) is 0 Å². The van der Waals surface area contributed by atoms with E-state index in [0.717, 1.165) is 23.7 Å². The highest BCUT2D eigenvalue weighted by atomic mass is 16.6. The van der Waals surface area contributed by atoms with Gasteiger partial charge in [0.1, 0.15) is 0 Å². The zero-order valence-electron chi connectivity index (χ0n) is 13.8. The first-order valence-electron chi connectivity index (χ1n) is 8.64. The van der Waals surface area contributed by atoms with Crippen LogP contribution in [-0.2, 0) is 9.47 Å². The van der Waals surface area contributed by atoms with Gasteiger partial charge in [-0.3, -0.25) is 0 Å². The number of rotatable bonds is 1. The summed E-state index contributed by atoms with van der Waals surface area (Å²) in [5.74, 6) is 4.48. The molecule has 2 saturated carbocycles. The van der Waals surface area contributed by atoms with Gasteiger partial charge in [-0.15, -0.1) is 0 Å². The van der Waals surface area contributed by atoms with Gasteiger partial charge in [0.2, 0.25) is 0 Å². The van der Waals surface area contributed by atoms with E-state index in [0.29, 0.717) is 24.0 Å². The first kappa shape index (κ1) is 13.6. The minimum absolute atomic E-state index is 0.174. The summed E-state index contributed by atoms with van der Waals surface area (Å²) in [5.41, 5.74) is 0.348. The molecule has 10 atom stereocenters. The molecular formula is C18H30O2. The Labute approximate surface area is 123 Å². The molecule has 0 aromatic heterocycles. The molecule has 4 rings (SSSR count). The van der Waals surface area contributed by atoms with Crippen LogP contribution in [0.1, 0.15) is 54.4 Å². The highest BCUT2D eigenvalue weighted by Gasteiger charge is 2.68. The lowest BCUT2D eigenvalue weighted by Gasteiger charge is -2.45. The zero-order valence-corrected chi connectivity index (χ0v) is 13.8. The lowest BCUT2D eigenvalue weighted by Crippen LogP contribution is -2.47. The molecule has 2 heteroatoms. The molecule has 4 fully saturated rings. The lowest BCUT2D eigenvalue weighted by molar-refractivity contribution is 0.0412. The summed E-state index contributed by atoms with van der Waals surface area (Å²) in [7, 11) is 0. The van der Waals surface area contributed by atoms with Crippen LogP contribution in [0.15, 0.2) is 0 Å². The van der Waals surface area contributed by atoms with E-state index >= 15 is 0 Å². The molecule has 2 saturated heterocycles. The first-order chi connectivity index (χ1) is 9.29. The smallest absolute Gasteiger partial charge is 0.0951 e. The predicted octanol–water partition coefficient (Wildman–Crippen LogP) is 3.89. The van der Waals surface area contributed by atoms with Gasteiger partial charge in [0, 0.05) is 0 Å². The maximum atomic E-state index is 6.10. The van der Waals surface area contributed by atoms with Gasteiger partial charge in [-0.05, 0) is 62.2 Å². The van der Waals surface area contributed by atoms with Crippen LogP contribution in [0.3, 0.4) is 0 Å². The van der Waals surface area contributed by atoms with Crippen LogP contribution in [0.5, 0.6) is 0 Å². The molecule has 2 heterocycles. The largest absolute Gasteiger partial charge is 0.366 e. The van der Waals surface area contributed by atoms with Crippen LogP contribution in [0, 0.1) is 35.5 Å². The topological polar surface area (TPSA) is 25.1 Å². The highest BCUT2D eigenvalue weighted by molar-refractivity contribution is 5.15. The van der Waals surface area contributed by atoms with Crippen molar-refractivity contribution in [1.29, 1.82) is 0 Å². The third kappa shape index (κ3) is 1.53. The standard InChI is InChI=1S/C18H30O2/c1-9-7-13(11(3)17(5)15(9)19-17)14-8-10(2)16-18(6,20-16)12(14)4/h9-16H,7-8H2,1-6H3. The molecule has 20 heavy (non-hydrogen) atoms. The van der Waals surface area contributed by atoms with Crippen molar-refractivity contribution in [1.82, 2.24) is 0 Å². The summed E-state index contributed by atoms with van der Waals surface area (Å²) in [6.07, 6.45) is 3.77. The molecule has 4 aliphatic rings. The van der Waals surface area contributed by atoms with Crippen molar-refractivity contribution >= 4 is 0 Å². The highest BCUT2D eigenvalue weighted by Crippen LogP contribution is 2.63. The Balaban J connectivity index is 1.60.